The van der Waals surface area contributed by atoms with Crippen LogP contribution in [0.5, 0.6) is 0 Å². The van der Waals surface area contributed by atoms with Crippen LogP contribution in [0.3, 0.4) is 0 Å². The number of ketones is 1. The van der Waals surface area contributed by atoms with Gasteiger partial charge >= 0.3 is 5.97 Å². The predicted octanol–water partition coefficient (Wildman–Crippen LogP) is 1.53. The summed E-state index contributed by atoms with van der Waals surface area (Å²) in [7, 11) is 0. The fraction of sp³-hybridized carbons (Fsp3) is 0.222. The predicted molar refractivity (Wildman–Crippen MR) is 83.2 cm³/mol. The number of Topliss-reactive ketones (excluding diaryl/α,β-unsaturated/α-hetero) is 1. The molecule has 5 nitrogen and oxygen atoms in total. The standard InChI is InChI=1S/C18H18O5/c19-10-14-3-1-13(2-4-14)9-17(21)18(22)23-12-16-7-5-15(11-20)6-8-16/h1-8,19-20H,9-12H2. The minimum Gasteiger partial charge on any atom is -0.455 e. The molecule has 120 valence electrons. The SMILES string of the molecule is O=C(Cc1ccc(CO)cc1)C(=O)OCc1ccc(CO)cc1. The van der Waals surface area contributed by atoms with Gasteiger partial charge in [0.05, 0.1) is 13.2 Å². The molecule has 2 aromatic carbocycles. The molecule has 23 heavy (non-hydrogen) atoms. The van der Waals surface area contributed by atoms with Gasteiger partial charge in [-0.25, -0.2) is 4.79 Å². The number of ether oxygens (including phenoxy) is 1. The van der Waals surface area contributed by atoms with Crippen molar-refractivity contribution in [3.63, 3.8) is 0 Å². The third-order valence-electron chi connectivity index (χ3n) is 3.37. The maximum atomic E-state index is 11.8. The Kier molecular flexibility index (Phi) is 6.02. The van der Waals surface area contributed by atoms with E-state index in [-0.39, 0.29) is 26.2 Å². The molecule has 2 rings (SSSR count). The van der Waals surface area contributed by atoms with Crippen LogP contribution in [0.25, 0.3) is 0 Å². The number of rotatable bonds is 7. The Morgan fingerprint density at radius 1 is 0.739 bits per heavy atom. The summed E-state index contributed by atoms with van der Waals surface area (Å²) >= 11 is 0. The van der Waals surface area contributed by atoms with Gasteiger partial charge in [0, 0.05) is 6.42 Å². The van der Waals surface area contributed by atoms with E-state index in [9.17, 15) is 9.59 Å². The van der Waals surface area contributed by atoms with Crippen LogP contribution in [0.4, 0.5) is 0 Å². The minimum atomic E-state index is -0.873. The molecule has 2 N–H and O–H groups in total. The molecule has 0 atom stereocenters. The van der Waals surface area contributed by atoms with E-state index < -0.39 is 11.8 Å². The average molecular weight is 314 g/mol. The number of hydrogen-bond acceptors (Lipinski definition) is 5. The van der Waals surface area contributed by atoms with Crippen molar-refractivity contribution in [1.29, 1.82) is 0 Å². The van der Waals surface area contributed by atoms with Gasteiger partial charge in [-0.1, -0.05) is 48.5 Å². The third kappa shape index (κ3) is 5.02. The first-order valence-corrected chi connectivity index (χ1v) is 7.19. The van der Waals surface area contributed by atoms with Gasteiger partial charge in [0.25, 0.3) is 0 Å². The van der Waals surface area contributed by atoms with Gasteiger partial charge in [0.1, 0.15) is 6.61 Å². The molecule has 0 radical (unpaired) electrons. The average Bonchev–Trinajstić information content (AvgIpc) is 2.60. The van der Waals surface area contributed by atoms with E-state index in [1.165, 1.54) is 0 Å². The zero-order valence-electron chi connectivity index (χ0n) is 12.6. The smallest absolute Gasteiger partial charge is 0.375 e. The second-order valence-electron chi connectivity index (χ2n) is 5.13. The zero-order valence-corrected chi connectivity index (χ0v) is 12.6. The monoisotopic (exact) mass is 314 g/mol. The highest BCUT2D eigenvalue weighted by atomic mass is 16.5. The Balaban J connectivity index is 1.85. The van der Waals surface area contributed by atoms with Gasteiger partial charge in [-0.05, 0) is 22.3 Å². The second-order valence-corrected chi connectivity index (χ2v) is 5.13. The van der Waals surface area contributed by atoms with Crippen LogP contribution >= 0.6 is 0 Å². The first-order chi connectivity index (χ1) is 11.1. The minimum absolute atomic E-state index is 0.0136. The van der Waals surface area contributed by atoms with Crippen LogP contribution in [-0.4, -0.2) is 22.0 Å². The maximum Gasteiger partial charge on any atom is 0.375 e. The van der Waals surface area contributed by atoms with Crippen molar-refractivity contribution in [3.8, 4) is 0 Å². The van der Waals surface area contributed by atoms with Gasteiger partial charge in [0.2, 0.25) is 5.78 Å². The Morgan fingerprint density at radius 3 is 1.65 bits per heavy atom. The number of aliphatic hydroxyl groups is 2. The lowest BCUT2D eigenvalue weighted by molar-refractivity contribution is -0.154. The molecule has 0 unspecified atom stereocenters. The quantitative estimate of drug-likeness (QED) is 0.598. The van der Waals surface area contributed by atoms with Crippen molar-refractivity contribution in [1.82, 2.24) is 0 Å². The molecule has 0 aliphatic heterocycles. The Hall–Kier alpha value is -2.50. The van der Waals surface area contributed by atoms with E-state index in [1.807, 2.05) is 0 Å². The largest absolute Gasteiger partial charge is 0.455 e. The lowest BCUT2D eigenvalue weighted by atomic mass is 10.1. The number of carbonyl (C=O) groups is 2. The number of esters is 1. The lowest BCUT2D eigenvalue weighted by Crippen LogP contribution is -2.19. The summed E-state index contributed by atoms with van der Waals surface area (Å²) in [6, 6.07) is 13.7. The van der Waals surface area contributed by atoms with E-state index in [2.05, 4.69) is 0 Å². The van der Waals surface area contributed by atoms with E-state index in [1.54, 1.807) is 48.5 Å². The van der Waals surface area contributed by atoms with E-state index in [0.717, 1.165) is 16.7 Å². The number of hydrogen-bond donors (Lipinski definition) is 2. The van der Waals surface area contributed by atoms with Gasteiger partial charge in [0.15, 0.2) is 0 Å². The molecule has 0 fully saturated rings. The molecule has 0 aliphatic rings. The third-order valence-corrected chi connectivity index (χ3v) is 3.37. The van der Waals surface area contributed by atoms with Crippen LogP contribution < -0.4 is 0 Å². The maximum absolute atomic E-state index is 11.8. The van der Waals surface area contributed by atoms with Crippen molar-refractivity contribution < 1.29 is 24.5 Å². The summed E-state index contributed by atoms with van der Waals surface area (Å²) in [5.41, 5.74) is 2.95. The Labute approximate surface area is 134 Å². The van der Waals surface area contributed by atoms with Crippen molar-refractivity contribution in [2.45, 2.75) is 26.2 Å². The summed E-state index contributed by atoms with van der Waals surface area (Å²) in [5, 5.41) is 17.9. The first-order valence-electron chi connectivity index (χ1n) is 7.19. The summed E-state index contributed by atoms with van der Waals surface area (Å²) in [5.74, 6) is -1.49. The molecular weight excluding hydrogens is 296 g/mol. The number of benzene rings is 2. The molecule has 0 aromatic heterocycles. The Morgan fingerprint density at radius 2 is 1.17 bits per heavy atom. The highest BCUT2D eigenvalue weighted by Gasteiger charge is 2.16. The highest BCUT2D eigenvalue weighted by Crippen LogP contribution is 2.08. The van der Waals surface area contributed by atoms with Crippen molar-refractivity contribution >= 4 is 11.8 Å². The number of carbonyl (C=O) groups excluding carboxylic acids is 2. The van der Waals surface area contributed by atoms with Crippen molar-refractivity contribution in [2.75, 3.05) is 0 Å². The molecule has 5 heteroatoms. The van der Waals surface area contributed by atoms with Crippen LogP contribution in [0.15, 0.2) is 48.5 Å². The molecule has 0 saturated carbocycles. The van der Waals surface area contributed by atoms with Crippen LogP contribution in [0, 0.1) is 0 Å². The van der Waals surface area contributed by atoms with Gasteiger partial charge in [-0.15, -0.1) is 0 Å². The molecule has 0 amide bonds. The second kappa shape index (κ2) is 8.22. The van der Waals surface area contributed by atoms with Gasteiger partial charge < -0.3 is 14.9 Å². The molecule has 0 spiro atoms. The molecular formula is C18H18O5. The van der Waals surface area contributed by atoms with Gasteiger partial charge in [-0.2, -0.15) is 0 Å². The normalized spacial score (nSPS) is 10.3. The summed E-state index contributed by atoms with van der Waals surface area (Å²) in [6.07, 6.45) is -0.0337. The highest BCUT2D eigenvalue weighted by molar-refractivity contribution is 6.34. The molecule has 2 aromatic rings. The van der Waals surface area contributed by atoms with Crippen LogP contribution in [-0.2, 0) is 40.6 Å². The Bertz CT molecular complexity index is 659. The van der Waals surface area contributed by atoms with Gasteiger partial charge in [-0.3, -0.25) is 4.79 Å². The van der Waals surface area contributed by atoms with Crippen LogP contribution in [0.1, 0.15) is 22.3 Å². The van der Waals surface area contributed by atoms with E-state index in [4.69, 9.17) is 14.9 Å². The first kappa shape index (κ1) is 16.9. The van der Waals surface area contributed by atoms with Crippen molar-refractivity contribution in [2.24, 2.45) is 0 Å². The zero-order chi connectivity index (χ0) is 16.7. The fourth-order valence-corrected chi connectivity index (χ4v) is 1.99. The summed E-state index contributed by atoms with van der Waals surface area (Å²) in [6.45, 7) is -0.0985. The summed E-state index contributed by atoms with van der Waals surface area (Å²) in [4.78, 5) is 23.5. The number of aliphatic hydroxyl groups excluding tert-OH is 2. The molecule has 0 heterocycles. The molecule has 0 saturated heterocycles. The van der Waals surface area contributed by atoms with Crippen molar-refractivity contribution in [3.05, 3.63) is 70.8 Å². The fourth-order valence-electron chi connectivity index (χ4n) is 1.99. The molecule has 0 aliphatic carbocycles. The lowest BCUT2D eigenvalue weighted by Gasteiger charge is -2.05. The summed E-state index contributed by atoms with van der Waals surface area (Å²) < 4.78 is 4.99. The van der Waals surface area contributed by atoms with E-state index >= 15 is 0 Å². The topological polar surface area (TPSA) is 83.8 Å². The molecule has 0 bridgehead atoms. The van der Waals surface area contributed by atoms with E-state index in [0.29, 0.717) is 5.56 Å². The van der Waals surface area contributed by atoms with Crippen LogP contribution in [0.2, 0.25) is 0 Å².